The van der Waals surface area contributed by atoms with Crippen LogP contribution in [0.4, 0.5) is 0 Å². The summed E-state index contributed by atoms with van der Waals surface area (Å²) in [5, 5.41) is 0. The van der Waals surface area contributed by atoms with Gasteiger partial charge in [0.15, 0.2) is 6.10 Å². The Morgan fingerprint density at radius 2 is 0.565 bits per heavy atom. The van der Waals surface area contributed by atoms with Crippen molar-refractivity contribution >= 4 is 17.9 Å². The molecule has 0 aliphatic carbocycles. The van der Waals surface area contributed by atoms with Gasteiger partial charge in [-0.15, -0.1) is 0 Å². The Hall–Kier alpha value is -1.83. The topological polar surface area (TPSA) is 154 Å². The lowest BCUT2D eigenvalue weighted by Crippen LogP contribution is -2.30. The Morgan fingerprint density at radius 1 is 0.319 bits per heavy atom. The molecule has 13 unspecified atom stereocenters. The maximum atomic E-state index is 13.0. The summed E-state index contributed by atoms with van der Waals surface area (Å²) in [6.45, 7) is 6.49. The molecule has 6 aliphatic rings. The zero-order valence-corrected chi connectivity index (χ0v) is 43.8. The molecular weight excluding hydrogens is 877 g/mol. The Bertz CT molecular complexity index is 1430. The van der Waals surface area contributed by atoms with E-state index in [9.17, 15) is 14.4 Å². The normalized spacial score (nSPS) is 29.6. The van der Waals surface area contributed by atoms with Crippen molar-refractivity contribution in [3.8, 4) is 0 Å². The first-order chi connectivity index (χ1) is 33.8. The van der Waals surface area contributed by atoms with Gasteiger partial charge in [0.2, 0.25) is 0 Å². The monoisotopic (exact) mass is 975 g/mol. The summed E-state index contributed by atoms with van der Waals surface area (Å²) < 4.78 is 52.4. The van der Waals surface area contributed by atoms with Crippen LogP contribution in [0.25, 0.3) is 0 Å². The molecule has 398 valence electrons. The smallest absolute Gasteiger partial charge is 0.306 e. The number of ether oxygens (including phenoxy) is 9. The molecule has 0 N–H and O–H groups in total. The molecule has 0 saturated carbocycles. The minimum Gasteiger partial charge on any atom is -0.462 e. The highest BCUT2D eigenvalue weighted by Gasteiger charge is 2.52. The average molecular weight is 975 g/mol. The molecule has 0 aromatic heterocycles. The average Bonchev–Trinajstić information content (AvgIpc) is 4.08. The molecule has 0 spiro atoms. The lowest BCUT2D eigenvalue weighted by Gasteiger charge is -2.18. The summed E-state index contributed by atoms with van der Waals surface area (Å²) in [4.78, 5) is 38.5. The number of hydrogen-bond donors (Lipinski definition) is 0. The molecule has 6 rings (SSSR count). The van der Waals surface area contributed by atoms with Gasteiger partial charge in [-0.2, -0.15) is 0 Å². The minimum atomic E-state index is -0.831. The predicted molar refractivity (Wildman–Crippen MR) is 267 cm³/mol. The molecule has 6 aliphatic heterocycles. The largest absolute Gasteiger partial charge is 0.462 e. The summed E-state index contributed by atoms with van der Waals surface area (Å²) in [6.07, 6.45) is 41.5. The standard InChI is InChI=1S/C57H98O12/c1-4-7-10-11-14-21-30-43-44(64-43)31-22-15-12-17-24-34-55(58)61-40-42(41-62-56(59)35-25-18-13-16-23-32-47-50(67-47)37-49-45(65-49)28-19-8-5-2)63-57(60)36-27-26-33-48-52(68-48)39-54-53(69-54)38-51-46(66-51)29-20-9-6-3/h42-54H,4-41H2,1-3H3. The summed E-state index contributed by atoms with van der Waals surface area (Å²) in [5.74, 6) is -0.999. The maximum Gasteiger partial charge on any atom is 0.306 e. The first kappa shape index (κ1) is 56.5. The van der Waals surface area contributed by atoms with E-state index in [-0.39, 0.29) is 55.9 Å². The molecule has 0 radical (unpaired) electrons. The van der Waals surface area contributed by atoms with Crippen LogP contribution in [0.3, 0.4) is 0 Å². The van der Waals surface area contributed by atoms with E-state index in [0.29, 0.717) is 74.2 Å². The summed E-state index contributed by atoms with van der Waals surface area (Å²) in [6, 6.07) is 0. The number of carbonyl (C=O) groups is 3. The van der Waals surface area contributed by atoms with Gasteiger partial charge in [-0.3, -0.25) is 14.4 Å². The zero-order valence-electron chi connectivity index (χ0n) is 43.8. The van der Waals surface area contributed by atoms with Gasteiger partial charge in [-0.05, 0) is 57.8 Å². The third-order valence-corrected chi connectivity index (χ3v) is 15.6. The highest BCUT2D eigenvalue weighted by Crippen LogP contribution is 2.43. The van der Waals surface area contributed by atoms with Crippen LogP contribution >= 0.6 is 0 Å². The van der Waals surface area contributed by atoms with Gasteiger partial charge in [0, 0.05) is 38.5 Å². The lowest BCUT2D eigenvalue weighted by atomic mass is 10.0. The summed E-state index contributed by atoms with van der Waals surface area (Å²) >= 11 is 0. The van der Waals surface area contributed by atoms with Gasteiger partial charge in [-0.1, -0.05) is 156 Å². The molecule has 12 heteroatoms. The number of esters is 3. The molecule has 0 amide bonds. The van der Waals surface area contributed by atoms with Gasteiger partial charge in [0.05, 0.1) is 73.2 Å². The number of epoxide rings is 6. The number of carbonyl (C=O) groups excluding carboxylic acids is 3. The van der Waals surface area contributed by atoms with Crippen molar-refractivity contribution in [1.29, 1.82) is 0 Å². The molecule has 6 heterocycles. The van der Waals surface area contributed by atoms with Crippen LogP contribution in [0.15, 0.2) is 0 Å². The van der Waals surface area contributed by atoms with Crippen LogP contribution in [0, 0.1) is 0 Å². The second kappa shape index (κ2) is 32.4. The minimum absolute atomic E-state index is 0.119. The Labute approximate surface area is 418 Å². The second-order valence-corrected chi connectivity index (χ2v) is 21.9. The second-order valence-electron chi connectivity index (χ2n) is 21.9. The third-order valence-electron chi connectivity index (χ3n) is 15.6. The molecule has 0 aromatic carbocycles. The van der Waals surface area contributed by atoms with E-state index in [4.69, 9.17) is 42.6 Å². The van der Waals surface area contributed by atoms with Crippen molar-refractivity contribution in [1.82, 2.24) is 0 Å². The fraction of sp³-hybridized carbons (Fsp3) is 0.947. The number of rotatable bonds is 47. The van der Waals surface area contributed by atoms with E-state index in [2.05, 4.69) is 20.8 Å². The molecule has 13 atom stereocenters. The Kier molecular flexibility index (Phi) is 26.5. The lowest BCUT2D eigenvalue weighted by molar-refractivity contribution is -0.167. The van der Waals surface area contributed by atoms with Crippen LogP contribution in [-0.2, 0) is 57.0 Å². The SMILES string of the molecule is CCCCCCCCC1OC1CCCCCCCC(=O)OCC(COC(=O)CCCCCCCC1OC1CC1OC1CCCCC)OC(=O)CCCCC1OC1CC1OC1CC1OC1CCCCC. The Morgan fingerprint density at radius 3 is 0.971 bits per heavy atom. The van der Waals surface area contributed by atoms with Gasteiger partial charge in [0.25, 0.3) is 0 Å². The van der Waals surface area contributed by atoms with E-state index in [1.165, 1.54) is 103 Å². The summed E-state index contributed by atoms with van der Waals surface area (Å²) in [5.41, 5.74) is 0. The molecular formula is C57H98O12. The van der Waals surface area contributed by atoms with Crippen LogP contribution in [0.1, 0.15) is 252 Å². The number of unbranched alkanes of at least 4 members (excludes halogenated alkanes) is 18. The van der Waals surface area contributed by atoms with Crippen molar-refractivity contribution in [3.63, 3.8) is 0 Å². The van der Waals surface area contributed by atoms with Crippen LogP contribution < -0.4 is 0 Å². The maximum absolute atomic E-state index is 13.0. The first-order valence-electron chi connectivity index (χ1n) is 29.3. The van der Waals surface area contributed by atoms with Crippen LogP contribution in [0.2, 0.25) is 0 Å². The quantitative estimate of drug-likeness (QED) is 0.0247. The van der Waals surface area contributed by atoms with Gasteiger partial charge in [-0.25, -0.2) is 0 Å². The molecule has 6 saturated heterocycles. The summed E-state index contributed by atoms with van der Waals surface area (Å²) in [7, 11) is 0. The molecule has 6 fully saturated rings. The van der Waals surface area contributed by atoms with E-state index in [0.717, 1.165) is 103 Å². The van der Waals surface area contributed by atoms with Crippen LogP contribution in [-0.4, -0.2) is 110 Å². The zero-order chi connectivity index (χ0) is 48.5. The molecule has 0 aromatic rings. The van der Waals surface area contributed by atoms with E-state index < -0.39 is 6.10 Å². The van der Waals surface area contributed by atoms with Gasteiger partial charge in [0.1, 0.15) is 13.2 Å². The molecule has 69 heavy (non-hydrogen) atoms. The fourth-order valence-electron chi connectivity index (χ4n) is 10.6. The van der Waals surface area contributed by atoms with E-state index in [1.807, 2.05) is 0 Å². The van der Waals surface area contributed by atoms with Crippen molar-refractivity contribution in [2.24, 2.45) is 0 Å². The van der Waals surface area contributed by atoms with Crippen molar-refractivity contribution in [2.75, 3.05) is 13.2 Å². The predicted octanol–water partition coefficient (Wildman–Crippen LogP) is 12.7. The highest BCUT2D eigenvalue weighted by molar-refractivity contribution is 5.71. The molecule has 12 nitrogen and oxygen atoms in total. The molecule has 0 bridgehead atoms. The van der Waals surface area contributed by atoms with E-state index >= 15 is 0 Å². The van der Waals surface area contributed by atoms with Gasteiger partial charge >= 0.3 is 17.9 Å². The fourth-order valence-corrected chi connectivity index (χ4v) is 10.6. The van der Waals surface area contributed by atoms with Crippen LogP contribution in [0.5, 0.6) is 0 Å². The Balaban J connectivity index is 0.776. The van der Waals surface area contributed by atoms with Gasteiger partial charge < -0.3 is 42.6 Å². The van der Waals surface area contributed by atoms with Crippen molar-refractivity contribution < 1.29 is 57.0 Å². The first-order valence-corrected chi connectivity index (χ1v) is 29.3. The third kappa shape index (κ3) is 24.6. The van der Waals surface area contributed by atoms with E-state index in [1.54, 1.807) is 0 Å². The highest BCUT2D eigenvalue weighted by atomic mass is 16.6. The van der Waals surface area contributed by atoms with Crippen molar-refractivity contribution in [3.05, 3.63) is 0 Å². The number of hydrogen-bond acceptors (Lipinski definition) is 12. The van der Waals surface area contributed by atoms with Crippen molar-refractivity contribution in [2.45, 2.75) is 331 Å².